The molecule has 0 unspecified atom stereocenters. The molecule has 0 radical (unpaired) electrons. The molecular formula is C9H6ClF2NO3. The van der Waals surface area contributed by atoms with Crippen LogP contribution in [0.15, 0.2) is 12.1 Å². The lowest BCUT2D eigenvalue weighted by Gasteiger charge is -2.06. The van der Waals surface area contributed by atoms with E-state index in [1.807, 2.05) is 0 Å². The van der Waals surface area contributed by atoms with Gasteiger partial charge in [0.05, 0.1) is 4.92 Å². The lowest BCUT2D eigenvalue weighted by molar-refractivity contribution is -0.384. The molecule has 0 aliphatic carbocycles. The molecular weight excluding hydrogens is 244 g/mol. The Morgan fingerprint density at radius 3 is 2.44 bits per heavy atom. The van der Waals surface area contributed by atoms with Crippen molar-refractivity contribution in [3.05, 3.63) is 38.4 Å². The van der Waals surface area contributed by atoms with Crippen molar-refractivity contribution in [3.8, 4) is 0 Å². The first-order valence-corrected chi connectivity index (χ1v) is 4.49. The second-order valence-electron chi connectivity index (χ2n) is 3.00. The summed E-state index contributed by atoms with van der Waals surface area (Å²) in [5.74, 6) is -0.671. The van der Waals surface area contributed by atoms with Crippen molar-refractivity contribution in [2.24, 2.45) is 0 Å². The number of carbonyl (C=O) groups is 1. The fourth-order valence-electron chi connectivity index (χ4n) is 1.20. The summed E-state index contributed by atoms with van der Waals surface area (Å²) in [5, 5.41) is 10.1. The number of alkyl halides is 2. The Bertz CT molecular complexity index is 462. The van der Waals surface area contributed by atoms with E-state index >= 15 is 0 Å². The van der Waals surface area contributed by atoms with Crippen molar-refractivity contribution < 1.29 is 18.5 Å². The quantitative estimate of drug-likeness (QED) is 0.469. The largest absolute Gasteiger partial charge is 0.294 e. The molecule has 4 nitrogen and oxygen atoms in total. The Hall–Kier alpha value is -1.56. The summed E-state index contributed by atoms with van der Waals surface area (Å²) >= 11 is 5.46. The first kappa shape index (κ1) is 12.5. The Morgan fingerprint density at radius 1 is 1.50 bits per heavy atom. The summed E-state index contributed by atoms with van der Waals surface area (Å²) in [6.45, 7) is 1.05. The first-order valence-electron chi connectivity index (χ1n) is 4.11. The molecule has 16 heavy (non-hydrogen) atoms. The minimum atomic E-state index is -2.91. The van der Waals surface area contributed by atoms with E-state index in [-0.39, 0.29) is 5.56 Å². The molecule has 0 aliphatic rings. The van der Waals surface area contributed by atoms with Gasteiger partial charge in [0.15, 0.2) is 5.78 Å². The molecule has 0 aliphatic heterocycles. The number of carbonyl (C=O) groups excluding carboxylic acids is 1. The molecule has 86 valence electrons. The zero-order chi connectivity index (χ0) is 12.5. The molecule has 7 heteroatoms. The van der Waals surface area contributed by atoms with Crippen LogP contribution in [0.25, 0.3) is 0 Å². The van der Waals surface area contributed by atoms with Gasteiger partial charge in [-0.2, -0.15) is 0 Å². The molecule has 0 N–H and O–H groups in total. The van der Waals surface area contributed by atoms with Gasteiger partial charge in [-0.15, -0.1) is 0 Å². The van der Waals surface area contributed by atoms with Crippen LogP contribution in [-0.2, 0) is 0 Å². The van der Waals surface area contributed by atoms with Gasteiger partial charge in [-0.25, -0.2) is 8.78 Å². The van der Waals surface area contributed by atoms with Gasteiger partial charge < -0.3 is 0 Å². The summed E-state index contributed by atoms with van der Waals surface area (Å²) in [6.07, 6.45) is -2.91. The summed E-state index contributed by atoms with van der Waals surface area (Å²) in [7, 11) is 0. The number of halogens is 3. The number of hydrogen-bond acceptors (Lipinski definition) is 3. The Labute approximate surface area is 94.0 Å². The third-order valence-electron chi connectivity index (χ3n) is 1.93. The lowest BCUT2D eigenvalue weighted by Crippen LogP contribution is -2.02. The molecule has 0 saturated carbocycles. The molecule has 1 rings (SSSR count). The van der Waals surface area contributed by atoms with Crippen LogP contribution in [0, 0.1) is 10.1 Å². The lowest BCUT2D eigenvalue weighted by atomic mass is 10.0. The van der Waals surface area contributed by atoms with E-state index in [2.05, 4.69) is 0 Å². The van der Waals surface area contributed by atoms with Crippen LogP contribution in [0.3, 0.4) is 0 Å². The smallest absolute Gasteiger partial charge is 0.288 e. The van der Waals surface area contributed by atoms with E-state index in [4.69, 9.17) is 11.6 Å². The van der Waals surface area contributed by atoms with Crippen molar-refractivity contribution in [2.45, 2.75) is 13.3 Å². The number of nitrogens with zero attached hydrogens (tertiary/aromatic N) is 1. The third-order valence-corrected chi connectivity index (χ3v) is 2.23. The zero-order valence-electron chi connectivity index (χ0n) is 8.04. The van der Waals surface area contributed by atoms with Gasteiger partial charge >= 0.3 is 0 Å². The van der Waals surface area contributed by atoms with Gasteiger partial charge in [0.25, 0.3) is 12.1 Å². The molecule has 0 fully saturated rings. The molecule has 0 spiro atoms. The van der Waals surface area contributed by atoms with Gasteiger partial charge in [-0.1, -0.05) is 11.6 Å². The monoisotopic (exact) mass is 249 g/mol. The average molecular weight is 250 g/mol. The summed E-state index contributed by atoms with van der Waals surface area (Å²) in [5.41, 5.74) is -1.54. The maximum absolute atomic E-state index is 12.5. The van der Waals surface area contributed by atoms with Crippen LogP contribution in [0.1, 0.15) is 29.3 Å². The van der Waals surface area contributed by atoms with Gasteiger partial charge in [0.1, 0.15) is 5.02 Å². The molecule has 1 aromatic rings. The van der Waals surface area contributed by atoms with Crippen LogP contribution in [0.5, 0.6) is 0 Å². The number of ketones is 1. The van der Waals surface area contributed by atoms with E-state index in [0.717, 1.165) is 19.1 Å². The minimum absolute atomic E-state index is 0.383. The van der Waals surface area contributed by atoms with Gasteiger partial charge in [-0.05, 0) is 13.0 Å². The van der Waals surface area contributed by atoms with E-state index in [1.54, 1.807) is 0 Å². The fourth-order valence-corrected chi connectivity index (χ4v) is 1.44. The molecule has 0 heterocycles. The highest BCUT2D eigenvalue weighted by molar-refractivity contribution is 6.32. The SMILES string of the molecule is CC(=O)c1cc([N+](=O)[O-])c(Cl)cc1C(F)F. The molecule has 1 aromatic carbocycles. The van der Waals surface area contributed by atoms with E-state index in [9.17, 15) is 23.7 Å². The van der Waals surface area contributed by atoms with Crippen molar-refractivity contribution in [2.75, 3.05) is 0 Å². The van der Waals surface area contributed by atoms with Crippen LogP contribution >= 0.6 is 11.6 Å². The van der Waals surface area contributed by atoms with Crippen LogP contribution in [0.2, 0.25) is 5.02 Å². The van der Waals surface area contributed by atoms with E-state index in [1.165, 1.54) is 0 Å². The number of nitro groups is 1. The molecule has 0 bridgehead atoms. The van der Waals surface area contributed by atoms with E-state index in [0.29, 0.717) is 0 Å². The third kappa shape index (κ3) is 2.33. The number of benzene rings is 1. The van der Waals surface area contributed by atoms with Crippen LogP contribution < -0.4 is 0 Å². The molecule has 0 atom stereocenters. The standard InChI is InChI=1S/C9H6ClF2NO3/c1-4(14)5-3-8(13(15)16)7(10)2-6(5)9(11)12/h2-3,9H,1H3. The van der Waals surface area contributed by atoms with Crippen molar-refractivity contribution in [1.82, 2.24) is 0 Å². The van der Waals surface area contributed by atoms with Crippen molar-refractivity contribution in [1.29, 1.82) is 0 Å². The summed E-state index contributed by atoms with van der Waals surface area (Å²) in [4.78, 5) is 20.7. The predicted molar refractivity (Wildman–Crippen MR) is 53.1 cm³/mol. The van der Waals surface area contributed by atoms with Gasteiger partial charge in [0.2, 0.25) is 0 Å². The minimum Gasteiger partial charge on any atom is -0.294 e. The second-order valence-corrected chi connectivity index (χ2v) is 3.41. The van der Waals surface area contributed by atoms with Crippen molar-refractivity contribution >= 4 is 23.1 Å². The highest BCUT2D eigenvalue weighted by atomic mass is 35.5. The zero-order valence-corrected chi connectivity index (χ0v) is 8.79. The van der Waals surface area contributed by atoms with Crippen LogP contribution in [-0.4, -0.2) is 10.7 Å². The topological polar surface area (TPSA) is 60.2 Å². The maximum Gasteiger partial charge on any atom is 0.288 e. The number of rotatable bonds is 3. The molecule has 0 amide bonds. The number of nitro benzene ring substituents is 1. The highest BCUT2D eigenvalue weighted by Crippen LogP contribution is 2.33. The van der Waals surface area contributed by atoms with Gasteiger partial charge in [-0.3, -0.25) is 14.9 Å². The first-order chi connectivity index (χ1) is 7.34. The van der Waals surface area contributed by atoms with Crippen LogP contribution in [0.4, 0.5) is 14.5 Å². The Kier molecular flexibility index (Phi) is 3.54. The predicted octanol–water partition coefficient (Wildman–Crippen LogP) is 3.39. The highest BCUT2D eigenvalue weighted by Gasteiger charge is 2.23. The molecule has 0 aromatic heterocycles. The second kappa shape index (κ2) is 4.52. The number of hydrogen-bond donors (Lipinski definition) is 0. The summed E-state index contributed by atoms with van der Waals surface area (Å²) < 4.78 is 25.0. The van der Waals surface area contributed by atoms with Crippen molar-refractivity contribution in [3.63, 3.8) is 0 Å². The van der Waals surface area contributed by atoms with Gasteiger partial charge in [0, 0.05) is 17.2 Å². The normalized spacial score (nSPS) is 10.6. The van der Waals surface area contributed by atoms with E-state index < -0.39 is 33.4 Å². The number of Topliss-reactive ketones (excluding diaryl/α,β-unsaturated/α-hetero) is 1. The maximum atomic E-state index is 12.5. The molecule has 0 saturated heterocycles. The fraction of sp³-hybridized carbons (Fsp3) is 0.222. The summed E-state index contributed by atoms with van der Waals surface area (Å²) in [6, 6.07) is 1.52. The Morgan fingerprint density at radius 2 is 2.06 bits per heavy atom. The Balaban J connectivity index is 3.49. The average Bonchev–Trinajstić information content (AvgIpc) is 2.15.